The maximum atomic E-state index is 13.7. The zero-order valence-electron chi connectivity index (χ0n) is 18.7. The number of hydrogen-bond donors (Lipinski definition) is 0. The highest BCUT2D eigenvalue weighted by molar-refractivity contribution is 7.09. The average molecular weight is 476 g/mol. The molecule has 0 saturated carbocycles. The van der Waals surface area contributed by atoms with Crippen LogP contribution < -0.4 is 4.90 Å². The first kappa shape index (κ1) is 22.2. The number of amides is 3. The molecule has 1 atom stereocenters. The minimum atomic E-state index is -1.17. The van der Waals surface area contributed by atoms with E-state index >= 15 is 0 Å². The molecule has 0 radical (unpaired) electrons. The third-order valence-corrected chi connectivity index (χ3v) is 7.41. The van der Waals surface area contributed by atoms with E-state index in [4.69, 9.17) is 0 Å². The van der Waals surface area contributed by atoms with E-state index in [9.17, 15) is 14.4 Å². The van der Waals surface area contributed by atoms with Crippen molar-refractivity contribution in [1.29, 1.82) is 0 Å². The van der Waals surface area contributed by atoms with Gasteiger partial charge in [0, 0.05) is 56.3 Å². The van der Waals surface area contributed by atoms with Crippen LogP contribution in [0.4, 0.5) is 5.95 Å². The van der Waals surface area contributed by atoms with E-state index in [1.165, 1.54) is 16.2 Å². The van der Waals surface area contributed by atoms with Gasteiger partial charge < -0.3 is 9.80 Å². The van der Waals surface area contributed by atoms with Crippen LogP contribution in [0.5, 0.6) is 0 Å². The Morgan fingerprint density at radius 1 is 0.941 bits per heavy atom. The van der Waals surface area contributed by atoms with E-state index in [1.807, 2.05) is 52.7 Å². The van der Waals surface area contributed by atoms with Gasteiger partial charge in [-0.1, -0.05) is 36.4 Å². The van der Waals surface area contributed by atoms with Crippen molar-refractivity contribution >= 4 is 35.0 Å². The molecular formula is C25H25N5O3S. The Morgan fingerprint density at radius 3 is 2.35 bits per heavy atom. The standard InChI is InChI=1S/C25H25N5O3S/c31-21(28-11-13-29(14-12-28)24-26-9-5-10-27-24)16-25(19-6-2-1-3-7-19)17-22(32)30(23(25)33)18-20-8-4-15-34-20/h1-10,15H,11-14,16-18H2. The van der Waals surface area contributed by atoms with Crippen molar-refractivity contribution in [3.8, 4) is 0 Å². The van der Waals surface area contributed by atoms with Gasteiger partial charge in [0.15, 0.2) is 0 Å². The Labute approximate surface area is 201 Å². The number of thiophene rings is 1. The topological polar surface area (TPSA) is 86.7 Å². The molecule has 4 heterocycles. The van der Waals surface area contributed by atoms with Crippen LogP contribution >= 0.6 is 11.3 Å². The molecule has 174 valence electrons. The van der Waals surface area contributed by atoms with E-state index < -0.39 is 5.41 Å². The Bertz CT molecular complexity index is 1160. The largest absolute Gasteiger partial charge is 0.339 e. The summed E-state index contributed by atoms with van der Waals surface area (Å²) in [4.78, 5) is 54.9. The lowest BCUT2D eigenvalue weighted by Gasteiger charge is -2.36. The van der Waals surface area contributed by atoms with Crippen LogP contribution in [-0.2, 0) is 26.3 Å². The van der Waals surface area contributed by atoms with Gasteiger partial charge >= 0.3 is 0 Å². The molecule has 2 aromatic heterocycles. The molecule has 2 aliphatic rings. The van der Waals surface area contributed by atoms with Gasteiger partial charge in [0.05, 0.1) is 12.0 Å². The number of anilines is 1. The molecule has 2 saturated heterocycles. The van der Waals surface area contributed by atoms with Crippen LogP contribution in [0.25, 0.3) is 0 Å². The van der Waals surface area contributed by atoms with Crippen molar-refractivity contribution in [1.82, 2.24) is 19.8 Å². The highest BCUT2D eigenvalue weighted by Crippen LogP contribution is 2.41. The first-order valence-electron chi connectivity index (χ1n) is 11.3. The van der Waals surface area contributed by atoms with Crippen molar-refractivity contribution in [3.05, 3.63) is 76.7 Å². The molecule has 8 nitrogen and oxygen atoms in total. The van der Waals surface area contributed by atoms with Gasteiger partial charge in [0.25, 0.3) is 0 Å². The summed E-state index contributed by atoms with van der Waals surface area (Å²) in [7, 11) is 0. The zero-order valence-corrected chi connectivity index (χ0v) is 19.5. The number of imide groups is 1. The van der Waals surface area contributed by atoms with E-state index in [2.05, 4.69) is 9.97 Å². The molecule has 34 heavy (non-hydrogen) atoms. The fourth-order valence-corrected chi connectivity index (χ4v) is 5.42. The highest BCUT2D eigenvalue weighted by Gasteiger charge is 2.54. The molecule has 2 fully saturated rings. The van der Waals surface area contributed by atoms with Gasteiger partial charge in [0.1, 0.15) is 0 Å². The van der Waals surface area contributed by atoms with Crippen molar-refractivity contribution in [2.24, 2.45) is 0 Å². The summed E-state index contributed by atoms with van der Waals surface area (Å²) >= 11 is 1.51. The Balaban J connectivity index is 1.35. The highest BCUT2D eigenvalue weighted by atomic mass is 32.1. The van der Waals surface area contributed by atoms with Crippen LogP contribution in [0.2, 0.25) is 0 Å². The number of nitrogens with zero attached hydrogens (tertiary/aromatic N) is 5. The van der Waals surface area contributed by atoms with Crippen LogP contribution in [0.1, 0.15) is 23.3 Å². The summed E-state index contributed by atoms with van der Waals surface area (Å²) in [6.07, 6.45) is 3.39. The number of hydrogen-bond acceptors (Lipinski definition) is 7. The smallest absolute Gasteiger partial charge is 0.241 e. The molecule has 0 aliphatic carbocycles. The normalized spacial score (nSPS) is 20.8. The maximum absolute atomic E-state index is 13.7. The first-order chi connectivity index (χ1) is 16.6. The summed E-state index contributed by atoms with van der Waals surface area (Å²) in [5.41, 5.74) is -0.460. The van der Waals surface area contributed by atoms with Crippen molar-refractivity contribution in [2.45, 2.75) is 24.8 Å². The molecule has 9 heteroatoms. The summed E-state index contributed by atoms with van der Waals surface area (Å²) in [5.74, 6) is 0.00983. The molecule has 1 aromatic carbocycles. The third kappa shape index (κ3) is 4.19. The molecule has 2 aliphatic heterocycles. The monoisotopic (exact) mass is 475 g/mol. The van der Waals surface area contributed by atoms with Crippen molar-refractivity contribution in [2.75, 3.05) is 31.1 Å². The van der Waals surface area contributed by atoms with Gasteiger partial charge in [-0.3, -0.25) is 19.3 Å². The van der Waals surface area contributed by atoms with Gasteiger partial charge in [-0.15, -0.1) is 11.3 Å². The van der Waals surface area contributed by atoms with Crippen LogP contribution in [0.3, 0.4) is 0 Å². The second-order valence-electron chi connectivity index (χ2n) is 8.58. The SMILES string of the molecule is O=C(CC1(c2ccccc2)CC(=O)N(Cc2cccs2)C1=O)N1CCN(c2ncccn2)CC1. The number of carbonyl (C=O) groups excluding carboxylic acids is 3. The Kier molecular flexibility index (Phi) is 6.10. The molecule has 0 N–H and O–H groups in total. The first-order valence-corrected chi connectivity index (χ1v) is 12.2. The molecule has 3 amide bonds. The number of likely N-dealkylation sites (tertiary alicyclic amines) is 1. The fourth-order valence-electron chi connectivity index (χ4n) is 4.72. The van der Waals surface area contributed by atoms with Crippen molar-refractivity contribution < 1.29 is 14.4 Å². The predicted octanol–water partition coefficient (Wildman–Crippen LogP) is 2.47. The zero-order chi connectivity index (χ0) is 23.5. The number of aromatic nitrogens is 2. The predicted molar refractivity (Wildman–Crippen MR) is 128 cm³/mol. The second-order valence-corrected chi connectivity index (χ2v) is 9.61. The molecule has 3 aromatic rings. The van der Waals surface area contributed by atoms with E-state index in [-0.39, 0.29) is 37.1 Å². The number of benzene rings is 1. The summed E-state index contributed by atoms with van der Waals surface area (Å²) in [6, 6.07) is 14.8. The van der Waals surface area contributed by atoms with E-state index in [0.29, 0.717) is 37.7 Å². The lowest BCUT2D eigenvalue weighted by atomic mass is 9.75. The van der Waals surface area contributed by atoms with Gasteiger partial charge in [0.2, 0.25) is 23.7 Å². The summed E-state index contributed by atoms with van der Waals surface area (Å²) in [5, 5.41) is 1.93. The van der Waals surface area contributed by atoms with Crippen LogP contribution in [0, 0.1) is 0 Å². The van der Waals surface area contributed by atoms with Gasteiger partial charge in [-0.2, -0.15) is 0 Å². The number of piperazine rings is 1. The second kappa shape index (κ2) is 9.34. The van der Waals surface area contributed by atoms with Gasteiger partial charge in [-0.25, -0.2) is 9.97 Å². The van der Waals surface area contributed by atoms with Crippen molar-refractivity contribution in [3.63, 3.8) is 0 Å². The lowest BCUT2D eigenvalue weighted by Crippen LogP contribution is -2.51. The summed E-state index contributed by atoms with van der Waals surface area (Å²) in [6.45, 7) is 2.51. The molecule has 0 bridgehead atoms. The molecule has 1 unspecified atom stereocenters. The lowest BCUT2D eigenvalue weighted by molar-refractivity contribution is -0.143. The maximum Gasteiger partial charge on any atom is 0.241 e. The summed E-state index contributed by atoms with van der Waals surface area (Å²) < 4.78 is 0. The average Bonchev–Trinajstić information content (AvgIpc) is 3.48. The number of rotatable bonds is 6. The van der Waals surface area contributed by atoms with Gasteiger partial charge in [-0.05, 0) is 23.1 Å². The minimum absolute atomic E-state index is 0.00474. The molecular weight excluding hydrogens is 450 g/mol. The van der Waals surface area contributed by atoms with E-state index in [1.54, 1.807) is 23.4 Å². The fraction of sp³-hybridized carbons (Fsp3) is 0.320. The van der Waals surface area contributed by atoms with E-state index in [0.717, 1.165) is 4.88 Å². The molecule has 5 rings (SSSR count). The quantitative estimate of drug-likeness (QED) is 0.509. The van der Waals surface area contributed by atoms with Crippen LogP contribution in [0.15, 0.2) is 66.3 Å². The minimum Gasteiger partial charge on any atom is -0.339 e. The number of carbonyl (C=O) groups is 3. The van der Waals surface area contributed by atoms with Crippen LogP contribution in [-0.4, -0.2) is 63.7 Å². The third-order valence-electron chi connectivity index (χ3n) is 6.55. The Morgan fingerprint density at radius 2 is 1.68 bits per heavy atom. The molecule has 0 spiro atoms. The Hall–Kier alpha value is -3.59.